The molecule has 1 aromatic carbocycles. The minimum Gasteiger partial charge on any atom is -0.289 e. The van der Waals surface area contributed by atoms with Gasteiger partial charge < -0.3 is 0 Å². The predicted molar refractivity (Wildman–Crippen MR) is 65.1 cm³/mol. The third-order valence-corrected chi connectivity index (χ3v) is 3.36. The van der Waals surface area contributed by atoms with Crippen LogP contribution in [0.4, 0.5) is 0 Å². The largest absolute Gasteiger partial charge is 0.289 e. The van der Waals surface area contributed by atoms with Gasteiger partial charge in [-0.15, -0.1) is 0 Å². The number of hydrogen-bond acceptors (Lipinski definition) is 1. The third kappa shape index (κ3) is 2.20. The van der Waals surface area contributed by atoms with Crippen molar-refractivity contribution < 1.29 is 4.79 Å². The zero-order chi connectivity index (χ0) is 10.8. The first-order valence-electron chi connectivity index (χ1n) is 5.18. The fourth-order valence-corrected chi connectivity index (χ4v) is 2.53. The van der Waals surface area contributed by atoms with Gasteiger partial charge in [-0.1, -0.05) is 28.1 Å². The second-order valence-corrected chi connectivity index (χ2v) is 4.79. The monoisotopic (exact) mass is 264 g/mol. The molecule has 1 aromatic rings. The Morgan fingerprint density at radius 2 is 2.20 bits per heavy atom. The fraction of sp³-hybridized carbons (Fsp3) is 0.308. The van der Waals surface area contributed by atoms with Gasteiger partial charge in [-0.05, 0) is 49.5 Å². The maximum absolute atomic E-state index is 12.1. The average molecular weight is 265 g/mol. The molecule has 0 aromatic heterocycles. The summed E-state index contributed by atoms with van der Waals surface area (Å²) in [7, 11) is 0. The molecule has 1 aliphatic rings. The molecule has 0 spiro atoms. The van der Waals surface area contributed by atoms with Gasteiger partial charge in [-0.3, -0.25) is 4.79 Å². The predicted octanol–water partition coefficient (Wildman–Crippen LogP) is 4.05. The highest BCUT2D eigenvalue weighted by Gasteiger charge is 2.17. The van der Waals surface area contributed by atoms with E-state index in [4.69, 9.17) is 0 Å². The van der Waals surface area contributed by atoms with Crippen LogP contribution >= 0.6 is 15.9 Å². The summed E-state index contributed by atoms with van der Waals surface area (Å²) in [6.45, 7) is 2.02. The first kappa shape index (κ1) is 10.6. The molecule has 0 radical (unpaired) electrons. The zero-order valence-corrected chi connectivity index (χ0v) is 10.3. The Morgan fingerprint density at radius 1 is 1.40 bits per heavy atom. The molecule has 15 heavy (non-hydrogen) atoms. The van der Waals surface area contributed by atoms with Crippen LogP contribution in [0.15, 0.2) is 34.3 Å². The number of carbonyl (C=O) groups is 1. The van der Waals surface area contributed by atoms with Crippen LogP contribution in [-0.4, -0.2) is 5.78 Å². The number of halogens is 1. The smallest absolute Gasteiger partial charge is 0.189 e. The number of aryl methyl sites for hydroxylation is 1. The molecule has 0 fully saturated rings. The summed E-state index contributed by atoms with van der Waals surface area (Å²) in [6.07, 6.45) is 5.16. The van der Waals surface area contributed by atoms with E-state index in [2.05, 4.69) is 22.0 Å². The standard InChI is InChI=1S/C13H13BrO/c1-9-6-7-11(12(14)8-9)13(15)10-4-2-3-5-10/h4,6-8H,2-3,5H2,1H3. The lowest BCUT2D eigenvalue weighted by atomic mass is 10.0. The molecule has 1 nitrogen and oxygen atoms in total. The fourth-order valence-electron chi connectivity index (χ4n) is 1.85. The summed E-state index contributed by atoms with van der Waals surface area (Å²) in [6, 6.07) is 5.87. The lowest BCUT2D eigenvalue weighted by Gasteiger charge is -2.05. The molecule has 2 heteroatoms. The molecule has 0 amide bonds. The molecule has 0 N–H and O–H groups in total. The van der Waals surface area contributed by atoms with Crippen LogP contribution in [0.1, 0.15) is 35.2 Å². The molecule has 0 saturated carbocycles. The number of benzene rings is 1. The van der Waals surface area contributed by atoms with E-state index in [0.717, 1.165) is 34.9 Å². The minimum atomic E-state index is 0.180. The highest BCUT2D eigenvalue weighted by atomic mass is 79.9. The molecule has 0 unspecified atom stereocenters. The highest BCUT2D eigenvalue weighted by molar-refractivity contribution is 9.10. The topological polar surface area (TPSA) is 17.1 Å². The van der Waals surface area contributed by atoms with Crippen molar-refractivity contribution in [2.45, 2.75) is 26.2 Å². The van der Waals surface area contributed by atoms with E-state index in [0.29, 0.717) is 0 Å². The molecular formula is C13H13BrO. The summed E-state index contributed by atoms with van der Waals surface area (Å²) in [4.78, 5) is 12.1. The number of Topliss-reactive ketones (excluding diaryl/α,β-unsaturated/α-hetero) is 1. The summed E-state index contributed by atoms with van der Waals surface area (Å²) >= 11 is 3.45. The number of ketones is 1. The Bertz CT molecular complexity index is 432. The van der Waals surface area contributed by atoms with Crippen molar-refractivity contribution in [3.63, 3.8) is 0 Å². The van der Waals surface area contributed by atoms with E-state index in [1.807, 2.05) is 25.1 Å². The number of allylic oxidation sites excluding steroid dienone is 2. The third-order valence-electron chi connectivity index (χ3n) is 2.70. The van der Waals surface area contributed by atoms with Crippen molar-refractivity contribution in [1.82, 2.24) is 0 Å². The van der Waals surface area contributed by atoms with Gasteiger partial charge in [-0.2, -0.15) is 0 Å². The summed E-state index contributed by atoms with van der Waals surface area (Å²) < 4.78 is 0.903. The Labute approximate surface area is 98.3 Å². The molecule has 0 aliphatic heterocycles. The van der Waals surface area contributed by atoms with Crippen molar-refractivity contribution >= 4 is 21.7 Å². The van der Waals surface area contributed by atoms with Crippen LogP contribution < -0.4 is 0 Å². The Kier molecular flexibility index (Phi) is 3.06. The molecule has 0 atom stereocenters. The van der Waals surface area contributed by atoms with Gasteiger partial charge in [0.1, 0.15) is 0 Å². The van der Waals surface area contributed by atoms with Crippen LogP contribution in [0, 0.1) is 6.92 Å². The van der Waals surface area contributed by atoms with Crippen molar-refractivity contribution in [1.29, 1.82) is 0 Å². The molecular weight excluding hydrogens is 252 g/mol. The lowest BCUT2D eigenvalue weighted by molar-refractivity contribution is 0.103. The Hall–Kier alpha value is -0.890. The minimum absolute atomic E-state index is 0.180. The van der Waals surface area contributed by atoms with Crippen LogP contribution in [0.25, 0.3) is 0 Å². The maximum Gasteiger partial charge on any atom is 0.189 e. The van der Waals surface area contributed by atoms with Gasteiger partial charge >= 0.3 is 0 Å². The summed E-state index contributed by atoms with van der Waals surface area (Å²) in [5, 5.41) is 0. The van der Waals surface area contributed by atoms with Gasteiger partial charge in [0.2, 0.25) is 0 Å². The second kappa shape index (κ2) is 4.31. The van der Waals surface area contributed by atoms with Crippen LogP contribution in [0.2, 0.25) is 0 Å². The summed E-state index contributed by atoms with van der Waals surface area (Å²) in [5.74, 6) is 0.180. The van der Waals surface area contributed by atoms with Crippen molar-refractivity contribution in [3.8, 4) is 0 Å². The number of hydrogen-bond donors (Lipinski definition) is 0. The maximum atomic E-state index is 12.1. The highest BCUT2D eigenvalue weighted by Crippen LogP contribution is 2.26. The summed E-state index contributed by atoms with van der Waals surface area (Å²) in [5.41, 5.74) is 2.92. The Balaban J connectivity index is 2.33. The normalized spacial score (nSPS) is 15.2. The number of carbonyl (C=O) groups excluding carboxylic acids is 1. The first-order valence-corrected chi connectivity index (χ1v) is 5.97. The van der Waals surface area contributed by atoms with Gasteiger partial charge in [0.05, 0.1) is 0 Å². The van der Waals surface area contributed by atoms with E-state index in [1.165, 1.54) is 5.56 Å². The Morgan fingerprint density at radius 3 is 2.80 bits per heavy atom. The molecule has 0 bridgehead atoms. The van der Waals surface area contributed by atoms with Crippen LogP contribution in [0.5, 0.6) is 0 Å². The average Bonchev–Trinajstić information content (AvgIpc) is 2.69. The van der Waals surface area contributed by atoms with Crippen LogP contribution in [-0.2, 0) is 0 Å². The zero-order valence-electron chi connectivity index (χ0n) is 8.72. The second-order valence-electron chi connectivity index (χ2n) is 3.93. The molecule has 0 heterocycles. The molecule has 2 rings (SSSR count). The van der Waals surface area contributed by atoms with Gasteiger partial charge in [0, 0.05) is 10.0 Å². The van der Waals surface area contributed by atoms with E-state index in [-0.39, 0.29) is 5.78 Å². The van der Waals surface area contributed by atoms with Gasteiger partial charge in [0.15, 0.2) is 5.78 Å². The molecule has 0 saturated heterocycles. The quantitative estimate of drug-likeness (QED) is 0.737. The van der Waals surface area contributed by atoms with Crippen molar-refractivity contribution in [2.75, 3.05) is 0 Å². The van der Waals surface area contributed by atoms with Crippen LogP contribution in [0.3, 0.4) is 0 Å². The van der Waals surface area contributed by atoms with Gasteiger partial charge in [0.25, 0.3) is 0 Å². The SMILES string of the molecule is Cc1ccc(C(=O)C2=CCCC2)c(Br)c1. The lowest BCUT2D eigenvalue weighted by Crippen LogP contribution is -2.02. The van der Waals surface area contributed by atoms with E-state index < -0.39 is 0 Å². The van der Waals surface area contributed by atoms with Crippen molar-refractivity contribution in [3.05, 3.63) is 45.4 Å². The van der Waals surface area contributed by atoms with E-state index in [1.54, 1.807) is 0 Å². The van der Waals surface area contributed by atoms with Crippen molar-refractivity contribution in [2.24, 2.45) is 0 Å². The first-order chi connectivity index (χ1) is 7.18. The van der Waals surface area contributed by atoms with E-state index >= 15 is 0 Å². The molecule has 1 aliphatic carbocycles. The van der Waals surface area contributed by atoms with E-state index in [9.17, 15) is 4.79 Å². The molecule has 78 valence electrons. The van der Waals surface area contributed by atoms with Gasteiger partial charge in [-0.25, -0.2) is 0 Å². The number of rotatable bonds is 2.